The molecule has 0 bridgehead atoms. The van der Waals surface area contributed by atoms with Crippen LogP contribution >= 0.6 is 27.9 Å². The molecule has 0 aromatic heterocycles. The zero-order valence-corrected chi connectivity index (χ0v) is 23.4. The molecule has 3 N–H and O–H groups in total. The number of benzene rings is 3. The first-order valence-electron chi connectivity index (χ1n) is 13.1. The second-order valence-electron chi connectivity index (χ2n) is 10.1. The number of nitrogens with zero attached hydrogens (tertiary/aromatic N) is 1. The van der Waals surface area contributed by atoms with Crippen molar-refractivity contribution < 1.29 is 18.3 Å². The molecule has 1 amide bonds. The maximum Gasteiger partial charge on any atom is 0.298 e. The Bertz CT molecular complexity index is 1260. The summed E-state index contributed by atoms with van der Waals surface area (Å²) in [5, 5.41) is 1.99. The summed E-state index contributed by atoms with van der Waals surface area (Å²) in [4.78, 5) is 15.7. The number of ether oxygens (including phenoxy) is 1. The average Bonchev–Trinajstić information content (AvgIpc) is 3.42. The first-order chi connectivity index (χ1) is 18.3. The van der Waals surface area contributed by atoms with E-state index < -0.39 is 17.9 Å². The maximum atomic E-state index is 15.8. The predicted molar refractivity (Wildman–Crippen MR) is 151 cm³/mol. The SMILES string of the molecule is NC1CCN(C(=O)C(NSc2ccc3cc(OC4CCCC4)ccc3c2)C(F)(F)c2ccc(Br)cc2)CC1. The highest BCUT2D eigenvalue weighted by Gasteiger charge is 2.48. The Morgan fingerprint density at radius 3 is 2.37 bits per heavy atom. The molecule has 3 aromatic carbocycles. The van der Waals surface area contributed by atoms with Gasteiger partial charge < -0.3 is 15.4 Å². The normalized spacial score (nSPS) is 18.2. The summed E-state index contributed by atoms with van der Waals surface area (Å²) in [5.74, 6) is -3.19. The van der Waals surface area contributed by atoms with Crippen molar-refractivity contribution in [1.82, 2.24) is 9.62 Å². The van der Waals surface area contributed by atoms with Crippen molar-refractivity contribution in [2.24, 2.45) is 5.73 Å². The Labute approximate surface area is 234 Å². The number of rotatable bonds is 8. The summed E-state index contributed by atoms with van der Waals surface area (Å²) in [6.07, 6.45) is 6.09. The lowest BCUT2D eigenvalue weighted by molar-refractivity contribution is -0.145. The number of nitrogens with one attached hydrogen (secondary N) is 1. The van der Waals surface area contributed by atoms with Gasteiger partial charge in [0.1, 0.15) is 5.75 Å². The number of likely N-dealkylation sites (tertiary alicyclic amines) is 1. The van der Waals surface area contributed by atoms with E-state index in [-0.39, 0.29) is 17.7 Å². The van der Waals surface area contributed by atoms with E-state index in [0.717, 1.165) is 46.2 Å². The van der Waals surface area contributed by atoms with E-state index in [1.807, 2.05) is 36.4 Å². The van der Waals surface area contributed by atoms with Crippen LogP contribution in [-0.4, -0.2) is 42.1 Å². The molecule has 1 saturated carbocycles. The second-order valence-corrected chi connectivity index (χ2v) is 12.0. The van der Waals surface area contributed by atoms with Gasteiger partial charge in [-0.1, -0.05) is 40.2 Å². The summed E-state index contributed by atoms with van der Waals surface area (Å²) < 4.78 is 41.3. The van der Waals surface area contributed by atoms with Gasteiger partial charge >= 0.3 is 0 Å². The Morgan fingerprint density at radius 1 is 1.00 bits per heavy atom. The Kier molecular flexibility index (Phi) is 8.57. The third-order valence-electron chi connectivity index (χ3n) is 7.37. The summed E-state index contributed by atoms with van der Waals surface area (Å²) in [6, 6.07) is 15.8. The lowest BCUT2D eigenvalue weighted by atomic mass is 9.99. The molecular formula is C29H32BrF2N3O2S. The number of nitrogens with two attached hydrogens (primary N) is 1. The minimum absolute atomic E-state index is 0.00602. The number of alkyl halides is 2. The summed E-state index contributed by atoms with van der Waals surface area (Å²) >= 11 is 4.34. The molecule has 5 rings (SSSR count). The van der Waals surface area contributed by atoms with E-state index in [0.29, 0.717) is 30.4 Å². The van der Waals surface area contributed by atoms with Gasteiger partial charge in [-0.2, -0.15) is 8.78 Å². The molecule has 3 aromatic rings. The zero-order chi connectivity index (χ0) is 26.7. The number of hydrogen-bond donors (Lipinski definition) is 2. The summed E-state index contributed by atoms with van der Waals surface area (Å²) in [7, 11) is 0. The topological polar surface area (TPSA) is 67.6 Å². The van der Waals surface area contributed by atoms with Gasteiger partial charge in [0.15, 0.2) is 6.04 Å². The van der Waals surface area contributed by atoms with E-state index in [1.165, 1.54) is 29.9 Å². The van der Waals surface area contributed by atoms with Gasteiger partial charge in [0.05, 0.1) is 6.10 Å². The van der Waals surface area contributed by atoms with Crippen molar-refractivity contribution in [2.45, 2.75) is 67.5 Å². The van der Waals surface area contributed by atoms with E-state index in [4.69, 9.17) is 10.5 Å². The molecule has 1 unspecified atom stereocenters. The van der Waals surface area contributed by atoms with Gasteiger partial charge in [-0.15, -0.1) is 0 Å². The predicted octanol–water partition coefficient (Wildman–Crippen LogP) is 6.63. The number of amides is 1. The van der Waals surface area contributed by atoms with Crippen molar-refractivity contribution >= 4 is 44.6 Å². The standard InChI is InChI=1S/C29H32BrF2N3O2S/c30-22-9-7-21(8-10-22)29(31,32)27(28(36)35-15-13-23(33)14-16-35)34-38-26-12-6-19-17-25(11-5-20(19)18-26)37-24-3-1-2-4-24/h5-12,17-18,23-24,27,34H,1-4,13-16,33H2. The fourth-order valence-corrected chi connectivity index (χ4v) is 6.17. The quantitative estimate of drug-likeness (QED) is 0.283. The third kappa shape index (κ3) is 6.33. The molecule has 5 nitrogen and oxygen atoms in total. The van der Waals surface area contributed by atoms with Crippen molar-refractivity contribution in [3.63, 3.8) is 0 Å². The van der Waals surface area contributed by atoms with Crippen LogP contribution in [0.2, 0.25) is 0 Å². The van der Waals surface area contributed by atoms with E-state index in [1.54, 1.807) is 12.1 Å². The molecule has 1 aliphatic heterocycles. The number of fused-ring (bicyclic) bond motifs is 1. The molecule has 0 radical (unpaired) electrons. The highest BCUT2D eigenvalue weighted by molar-refractivity contribution is 9.10. The Balaban J connectivity index is 1.34. The minimum atomic E-state index is -3.42. The smallest absolute Gasteiger partial charge is 0.298 e. The van der Waals surface area contributed by atoms with Gasteiger partial charge in [0, 0.05) is 34.1 Å². The van der Waals surface area contributed by atoms with Crippen molar-refractivity contribution in [2.75, 3.05) is 13.1 Å². The van der Waals surface area contributed by atoms with Crippen LogP contribution in [0, 0.1) is 0 Å². The van der Waals surface area contributed by atoms with Gasteiger partial charge in [-0.3, -0.25) is 4.79 Å². The molecule has 2 fully saturated rings. The van der Waals surface area contributed by atoms with Gasteiger partial charge in [-0.05, 0) is 97.6 Å². The molecule has 1 heterocycles. The zero-order valence-electron chi connectivity index (χ0n) is 21.0. The molecule has 2 aliphatic rings. The number of carbonyl (C=O) groups is 1. The molecular weight excluding hydrogens is 572 g/mol. The van der Waals surface area contributed by atoms with Crippen LogP contribution in [0.1, 0.15) is 44.1 Å². The van der Waals surface area contributed by atoms with Gasteiger partial charge in [-0.25, -0.2) is 4.72 Å². The highest BCUT2D eigenvalue weighted by Crippen LogP contribution is 2.36. The Morgan fingerprint density at radius 2 is 1.66 bits per heavy atom. The highest BCUT2D eigenvalue weighted by atomic mass is 79.9. The lowest BCUT2D eigenvalue weighted by Crippen LogP contribution is -2.55. The molecule has 1 saturated heterocycles. The number of piperidine rings is 1. The van der Waals surface area contributed by atoms with Crippen LogP contribution in [-0.2, 0) is 10.7 Å². The molecule has 202 valence electrons. The summed E-state index contributed by atoms with van der Waals surface area (Å²) in [6.45, 7) is 0.751. The van der Waals surface area contributed by atoms with Crippen molar-refractivity contribution in [3.8, 4) is 5.75 Å². The summed E-state index contributed by atoms with van der Waals surface area (Å²) in [5.41, 5.74) is 5.76. The Hall–Kier alpha value is -2.20. The number of hydrogen-bond acceptors (Lipinski definition) is 5. The van der Waals surface area contributed by atoms with E-state index in [9.17, 15) is 4.79 Å². The maximum absolute atomic E-state index is 15.8. The fraction of sp³-hybridized carbons (Fsp3) is 0.414. The molecule has 9 heteroatoms. The molecule has 0 spiro atoms. The first kappa shape index (κ1) is 27.4. The van der Waals surface area contributed by atoms with Gasteiger partial charge in [0.2, 0.25) is 5.91 Å². The average molecular weight is 605 g/mol. The minimum Gasteiger partial charge on any atom is -0.490 e. The van der Waals surface area contributed by atoms with E-state index in [2.05, 4.69) is 20.7 Å². The first-order valence-corrected chi connectivity index (χ1v) is 14.7. The van der Waals surface area contributed by atoms with Crippen molar-refractivity contribution in [1.29, 1.82) is 0 Å². The van der Waals surface area contributed by atoms with Crippen molar-refractivity contribution in [3.05, 3.63) is 70.7 Å². The molecule has 1 aliphatic carbocycles. The van der Waals surface area contributed by atoms with Crippen LogP contribution in [0.4, 0.5) is 8.78 Å². The fourth-order valence-electron chi connectivity index (χ4n) is 5.09. The molecule has 1 atom stereocenters. The third-order valence-corrected chi connectivity index (χ3v) is 8.74. The van der Waals surface area contributed by atoms with Crippen LogP contribution in [0.15, 0.2) is 70.0 Å². The van der Waals surface area contributed by atoms with Crippen LogP contribution in [0.25, 0.3) is 10.8 Å². The number of carbonyl (C=O) groups excluding carboxylic acids is 1. The van der Waals surface area contributed by atoms with Crippen LogP contribution in [0.3, 0.4) is 0 Å². The number of halogens is 3. The molecule has 38 heavy (non-hydrogen) atoms. The van der Waals surface area contributed by atoms with Crippen LogP contribution in [0.5, 0.6) is 5.75 Å². The lowest BCUT2D eigenvalue weighted by Gasteiger charge is -2.35. The van der Waals surface area contributed by atoms with E-state index >= 15 is 8.78 Å². The second kappa shape index (κ2) is 11.9. The monoisotopic (exact) mass is 603 g/mol. The van der Waals surface area contributed by atoms with Gasteiger partial charge in [0.25, 0.3) is 5.92 Å². The largest absolute Gasteiger partial charge is 0.490 e. The van der Waals surface area contributed by atoms with Crippen LogP contribution < -0.4 is 15.2 Å².